The molecule has 0 spiro atoms. The maximum absolute atomic E-state index is 14.7. The highest BCUT2D eigenvalue weighted by Crippen LogP contribution is 2.29. The number of nitrogens with one attached hydrogen (secondary N) is 1. The number of fused-ring (bicyclic) bond motifs is 1. The maximum atomic E-state index is 14.7. The number of hydrogen-bond donors (Lipinski definition) is 1. The van der Waals surface area contributed by atoms with E-state index in [1.807, 2.05) is 54.6 Å². The Balaban J connectivity index is 1.84. The number of halogens is 3. The van der Waals surface area contributed by atoms with E-state index >= 15 is 0 Å². The normalized spacial score (nSPS) is 15.9. The number of nitrogens with zero attached hydrogens (tertiary/aromatic N) is 2. The van der Waals surface area contributed by atoms with Crippen molar-refractivity contribution in [1.29, 1.82) is 0 Å². The van der Waals surface area contributed by atoms with Crippen molar-refractivity contribution in [2.45, 2.75) is 17.6 Å². The van der Waals surface area contributed by atoms with Gasteiger partial charge in [-0.3, -0.25) is 9.79 Å². The molecule has 1 atom stereocenters. The van der Waals surface area contributed by atoms with Gasteiger partial charge < -0.3 is 5.32 Å². The van der Waals surface area contributed by atoms with E-state index in [0.717, 1.165) is 28.5 Å². The smallest absolute Gasteiger partial charge is 0.252 e. The van der Waals surface area contributed by atoms with Crippen molar-refractivity contribution in [2.24, 2.45) is 4.99 Å². The first-order valence-corrected chi connectivity index (χ1v) is 10.3. The topological polar surface area (TPSA) is 54.4 Å². The minimum atomic E-state index is -1.49. The fourth-order valence-electron chi connectivity index (χ4n) is 3.29. The maximum Gasteiger partial charge on any atom is 0.252 e. The molecule has 1 N–H and O–H groups in total. The largest absolute Gasteiger partial charge is 0.353 e. The summed E-state index contributed by atoms with van der Waals surface area (Å²) in [5, 5.41) is 2.16. The van der Waals surface area contributed by atoms with Gasteiger partial charge in [-0.1, -0.05) is 54.6 Å². The van der Waals surface area contributed by atoms with E-state index in [1.54, 1.807) is 0 Å². The lowest BCUT2D eigenvalue weighted by Crippen LogP contribution is -2.30. The van der Waals surface area contributed by atoms with Gasteiger partial charge in [0.15, 0.2) is 17.8 Å². The predicted molar refractivity (Wildman–Crippen MR) is 111 cm³/mol. The number of carbonyl (C=O) groups excluding carboxylic acids is 1. The van der Waals surface area contributed by atoms with Crippen molar-refractivity contribution < 1.29 is 18.0 Å². The molecule has 0 radical (unpaired) electrons. The summed E-state index contributed by atoms with van der Waals surface area (Å²) in [7, 11) is 0. The molecule has 1 unspecified atom stereocenters. The molecular formula is C22H16F3N3OS. The van der Waals surface area contributed by atoms with Gasteiger partial charge in [0.2, 0.25) is 5.82 Å². The van der Waals surface area contributed by atoms with Gasteiger partial charge in [-0.05, 0) is 11.8 Å². The molecule has 4 nitrogen and oxygen atoms in total. The Hall–Kier alpha value is -3.13. The average molecular weight is 427 g/mol. The monoisotopic (exact) mass is 427 g/mol. The summed E-state index contributed by atoms with van der Waals surface area (Å²) in [6.45, 7) is 0. The number of Topliss-reactive ketones (excluding diaryl/α,β-unsaturated/α-hetero) is 1. The van der Waals surface area contributed by atoms with Gasteiger partial charge in [0, 0.05) is 17.5 Å². The Morgan fingerprint density at radius 1 is 1.00 bits per heavy atom. The average Bonchev–Trinajstić information content (AvgIpc) is 2.90. The number of aromatic nitrogens is 1. The summed E-state index contributed by atoms with van der Waals surface area (Å²) in [6, 6.07) is 16.5. The molecule has 1 aliphatic heterocycles. The van der Waals surface area contributed by atoms with Crippen molar-refractivity contribution in [3.05, 3.63) is 88.9 Å². The van der Waals surface area contributed by atoms with Crippen molar-refractivity contribution in [2.75, 3.05) is 11.6 Å². The zero-order chi connectivity index (χ0) is 21.3. The number of rotatable bonds is 4. The number of thioether (sulfide) groups is 1. The summed E-state index contributed by atoms with van der Waals surface area (Å²) in [4.78, 5) is 20.7. The second-order valence-corrected chi connectivity index (χ2v) is 7.40. The molecule has 4 rings (SSSR count). The summed E-state index contributed by atoms with van der Waals surface area (Å²) >= 11 is 0.833. The van der Waals surface area contributed by atoms with Crippen molar-refractivity contribution in [3.8, 4) is 0 Å². The lowest BCUT2D eigenvalue weighted by molar-refractivity contribution is -0.118. The zero-order valence-electron chi connectivity index (χ0n) is 15.8. The summed E-state index contributed by atoms with van der Waals surface area (Å²) < 4.78 is 42.9. The quantitative estimate of drug-likeness (QED) is 0.488. The van der Waals surface area contributed by atoms with Crippen molar-refractivity contribution in [1.82, 2.24) is 4.98 Å². The van der Waals surface area contributed by atoms with Gasteiger partial charge in [0.05, 0.1) is 5.71 Å². The van der Waals surface area contributed by atoms with Gasteiger partial charge in [-0.25, -0.2) is 9.37 Å². The molecule has 1 aromatic heterocycles. The van der Waals surface area contributed by atoms with E-state index in [0.29, 0.717) is 5.71 Å². The fraction of sp³-hybridized carbons (Fsp3) is 0.136. The van der Waals surface area contributed by atoms with E-state index in [9.17, 15) is 18.0 Å². The van der Waals surface area contributed by atoms with Crippen LogP contribution in [0.25, 0.3) is 0 Å². The zero-order valence-corrected chi connectivity index (χ0v) is 16.6. The van der Waals surface area contributed by atoms with Gasteiger partial charge in [0.1, 0.15) is 10.7 Å². The number of aliphatic imine (C=N–C) groups is 1. The van der Waals surface area contributed by atoms with E-state index in [-0.39, 0.29) is 11.4 Å². The highest BCUT2D eigenvalue weighted by atomic mass is 32.2. The van der Waals surface area contributed by atoms with E-state index < -0.39 is 35.2 Å². The van der Waals surface area contributed by atoms with Crippen LogP contribution in [0.15, 0.2) is 64.6 Å². The van der Waals surface area contributed by atoms with Crippen LogP contribution in [-0.2, 0) is 11.2 Å². The third-order valence-electron chi connectivity index (χ3n) is 4.73. The van der Waals surface area contributed by atoms with E-state index in [1.165, 1.54) is 6.26 Å². The Bertz CT molecular complexity index is 1150. The van der Waals surface area contributed by atoms with Crippen molar-refractivity contribution >= 4 is 28.9 Å². The molecule has 152 valence electrons. The third kappa shape index (κ3) is 3.70. The number of benzene rings is 2. The first-order chi connectivity index (χ1) is 14.5. The lowest BCUT2D eigenvalue weighted by Gasteiger charge is -2.17. The fourth-order valence-corrected chi connectivity index (χ4v) is 3.74. The van der Waals surface area contributed by atoms with E-state index in [2.05, 4.69) is 15.3 Å². The molecule has 2 heterocycles. The first kappa shape index (κ1) is 20.2. The Labute approximate surface area is 175 Å². The highest BCUT2D eigenvalue weighted by Gasteiger charge is 2.29. The molecule has 3 aromatic rings. The van der Waals surface area contributed by atoms with Gasteiger partial charge in [-0.2, -0.15) is 8.78 Å². The number of anilines is 1. The van der Waals surface area contributed by atoms with Gasteiger partial charge in [-0.15, -0.1) is 11.8 Å². The summed E-state index contributed by atoms with van der Waals surface area (Å²) in [5.41, 5.74) is 2.01. The van der Waals surface area contributed by atoms with Gasteiger partial charge in [0.25, 0.3) is 5.95 Å². The molecule has 0 saturated heterocycles. The highest BCUT2D eigenvalue weighted by molar-refractivity contribution is 7.98. The molecule has 0 bridgehead atoms. The van der Waals surface area contributed by atoms with Crippen LogP contribution in [0.5, 0.6) is 0 Å². The minimum absolute atomic E-state index is 0.0138. The molecule has 1 aliphatic rings. The van der Waals surface area contributed by atoms with Crippen LogP contribution >= 0.6 is 11.8 Å². The summed E-state index contributed by atoms with van der Waals surface area (Å²) in [5.74, 6) is -4.39. The van der Waals surface area contributed by atoms with Crippen LogP contribution in [0.3, 0.4) is 0 Å². The molecule has 8 heteroatoms. The standard InChI is InChI=1S/C22H16F3N3OS/c1-30-22-17(24)19(16(23)20(25)28-22)27-21-15(29)11-13-9-5-6-10-14(13)18(26-21)12-7-3-2-4-8-12/h2-10,21H,11H2,1H3,(H,27,28). The second-order valence-electron chi connectivity index (χ2n) is 6.61. The summed E-state index contributed by atoms with van der Waals surface area (Å²) in [6.07, 6.45) is 0.207. The first-order valence-electron chi connectivity index (χ1n) is 9.08. The predicted octanol–water partition coefficient (Wildman–Crippen LogP) is 4.62. The van der Waals surface area contributed by atoms with Crippen LogP contribution in [0, 0.1) is 17.6 Å². The molecule has 0 saturated carbocycles. The number of carbonyl (C=O) groups is 1. The van der Waals surface area contributed by atoms with Crippen LogP contribution < -0.4 is 5.32 Å². The number of ketones is 1. The lowest BCUT2D eigenvalue weighted by atomic mass is 9.96. The Morgan fingerprint density at radius 3 is 2.43 bits per heavy atom. The SMILES string of the molecule is CSc1nc(F)c(F)c(NC2N=C(c3ccccc3)c3ccccc3CC2=O)c1F. The van der Waals surface area contributed by atoms with Gasteiger partial charge >= 0.3 is 0 Å². The van der Waals surface area contributed by atoms with Crippen LogP contribution in [0.1, 0.15) is 16.7 Å². The Kier molecular flexibility index (Phi) is 5.59. The second kappa shape index (κ2) is 8.31. The molecular weight excluding hydrogens is 411 g/mol. The van der Waals surface area contributed by atoms with Crippen LogP contribution in [-0.4, -0.2) is 28.9 Å². The number of hydrogen-bond acceptors (Lipinski definition) is 5. The van der Waals surface area contributed by atoms with Crippen LogP contribution in [0.4, 0.5) is 18.9 Å². The molecule has 0 aliphatic carbocycles. The van der Waals surface area contributed by atoms with E-state index in [4.69, 9.17) is 0 Å². The Morgan fingerprint density at radius 2 is 1.70 bits per heavy atom. The molecule has 2 aromatic carbocycles. The molecule has 0 amide bonds. The molecule has 30 heavy (non-hydrogen) atoms. The minimum Gasteiger partial charge on any atom is -0.353 e. The third-order valence-corrected chi connectivity index (χ3v) is 5.39. The van der Waals surface area contributed by atoms with Crippen LogP contribution in [0.2, 0.25) is 0 Å². The number of pyridine rings is 1. The molecule has 0 fully saturated rings. The van der Waals surface area contributed by atoms with Crippen molar-refractivity contribution in [3.63, 3.8) is 0 Å².